The van der Waals surface area contributed by atoms with Gasteiger partial charge in [0.25, 0.3) is 0 Å². The maximum absolute atomic E-state index is 11.3. The van der Waals surface area contributed by atoms with Crippen LogP contribution in [-0.2, 0) is 6.42 Å². The maximum atomic E-state index is 11.3. The molecule has 0 radical (unpaired) electrons. The van der Waals surface area contributed by atoms with Crippen LogP contribution in [0.5, 0.6) is 5.75 Å². The third-order valence-corrected chi connectivity index (χ3v) is 8.43. The molecule has 2 fully saturated rings. The predicted molar refractivity (Wildman–Crippen MR) is 135 cm³/mol. The minimum Gasteiger partial charge on any atom is -0.497 e. The fourth-order valence-electron chi connectivity index (χ4n) is 5.97. The van der Waals surface area contributed by atoms with E-state index in [1.165, 1.54) is 22.6 Å². The number of methoxy groups -OCH3 is 1. The van der Waals surface area contributed by atoms with Crippen molar-refractivity contribution in [1.82, 2.24) is 24.5 Å². The molecular formula is C26H31N5O2S. The fourth-order valence-corrected chi connectivity index (χ4v) is 6.61. The summed E-state index contributed by atoms with van der Waals surface area (Å²) in [7, 11) is 1.68. The monoisotopic (exact) mass is 477 g/mol. The molecule has 2 saturated heterocycles. The van der Waals surface area contributed by atoms with Crippen LogP contribution >= 0.6 is 11.5 Å². The first kappa shape index (κ1) is 22.0. The summed E-state index contributed by atoms with van der Waals surface area (Å²) < 4.78 is 11.0. The van der Waals surface area contributed by atoms with Crippen molar-refractivity contribution >= 4 is 34.7 Å². The number of hydrogen-bond donors (Lipinski definition) is 2. The lowest BCUT2D eigenvalue weighted by Crippen LogP contribution is -2.54. The van der Waals surface area contributed by atoms with Crippen molar-refractivity contribution in [2.45, 2.75) is 56.5 Å². The van der Waals surface area contributed by atoms with Crippen LogP contribution in [0.25, 0.3) is 23.2 Å². The topological polar surface area (TPSA) is 73.8 Å². The number of benzene rings is 1. The van der Waals surface area contributed by atoms with E-state index in [-0.39, 0.29) is 0 Å². The van der Waals surface area contributed by atoms with E-state index < -0.39 is 6.23 Å². The average molecular weight is 478 g/mol. The summed E-state index contributed by atoms with van der Waals surface area (Å²) in [5.74, 6) is 0.818. The van der Waals surface area contributed by atoms with Crippen molar-refractivity contribution in [2.75, 3.05) is 20.3 Å². The first-order chi connectivity index (χ1) is 16.7. The summed E-state index contributed by atoms with van der Waals surface area (Å²) >= 11 is 1.57. The minimum absolute atomic E-state index is 0.429. The molecule has 3 aromatic rings. The number of pyridine rings is 1. The first-order valence-corrected chi connectivity index (χ1v) is 12.9. The standard InChI is InChI=1S/C26H31N5O2S/c1-33-22-4-5-24-23(13-22)17(6-8-27-24)10-26(32)31-20-2-3-21(31)12-19(11-20)28-16-30-9-7-25-18(15-30)14-29-34-25/h4-8,13-15,19-21,26,28,32H,2-3,9-12,16H2,1H3. The quantitative estimate of drug-likeness (QED) is 0.536. The van der Waals surface area contributed by atoms with E-state index in [9.17, 15) is 5.11 Å². The van der Waals surface area contributed by atoms with E-state index in [1.54, 1.807) is 18.6 Å². The Kier molecular flexibility index (Phi) is 5.99. The highest BCUT2D eigenvalue weighted by Crippen LogP contribution is 2.38. The minimum atomic E-state index is -0.482. The molecule has 3 aliphatic rings. The van der Waals surface area contributed by atoms with Crippen LogP contribution in [0.4, 0.5) is 0 Å². The second-order valence-corrected chi connectivity index (χ2v) is 10.5. The van der Waals surface area contributed by atoms with Gasteiger partial charge in [-0.15, -0.1) is 0 Å². The highest BCUT2D eigenvalue weighted by Gasteiger charge is 2.43. The molecular weight excluding hydrogens is 446 g/mol. The molecule has 3 atom stereocenters. The van der Waals surface area contributed by atoms with Gasteiger partial charge >= 0.3 is 0 Å². The van der Waals surface area contributed by atoms with Gasteiger partial charge < -0.3 is 14.7 Å². The van der Waals surface area contributed by atoms with Crippen molar-refractivity contribution in [2.24, 2.45) is 0 Å². The normalized spacial score (nSPS) is 25.0. The number of hydrogen-bond acceptors (Lipinski definition) is 8. The molecule has 0 amide bonds. The zero-order valence-corrected chi connectivity index (χ0v) is 20.2. The molecule has 0 aliphatic carbocycles. The Bertz CT molecular complexity index is 1280. The van der Waals surface area contributed by atoms with Gasteiger partial charge in [0.05, 0.1) is 23.8 Å². The number of rotatable bonds is 7. The first-order valence-electron chi connectivity index (χ1n) is 12.2. The molecule has 8 heteroatoms. The number of nitrogens with zero attached hydrogens (tertiary/aromatic N) is 4. The van der Waals surface area contributed by atoms with E-state index in [0.717, 1.165) is 48.3 Å². The number of ether oxygens (including phenoxy) is 1. The van der Waals surface area contributed by atoms with Crippen LogP contribution in [0, 0.1) is 0 Å². The van der Waals surface area contributed by atoms with Crippen molar-refractivity contribution in [3.8, 4) is 5.75 Å². The number of aliphatic hydroxyl groups is 1. The molecule has 5 heterocycles. The molecule has 1 aromatic carbocycles. The Labute approximate surface area is 203 Å². The highest BCUT2D eigenvalue weighted by atomic mass is 32.1. The molecule has 3 aliphatic heterocycles. The number of aromatic nitrogens is 2. The van der Waals surface area contributed by atoms with Crippen molar-refractivity contribution in [3.63, 3.8) is 0 Å². The van der Waals surface area contributed by atoms with Crippen LogP contribution in [-0.4, -0.2) is 68.9 Å². The van der Waals surface area contributed by atoms with Crippen molar-refractivity contribution < 1.29 is 9.84 Å². The van der Waals surface area contributed by atoms with E-state index >= 15 is 0 Å². The highest BCUT2D eigenvalue weighted by molar-refractivity contribution is 7.03. The van der Waals surface area contributed by atoms with Crippen LogP contribution in [0.15, 0.2) is 36.7 Å². The van der Waals surface area contributed by atoms with Gasteiger partial charge in [-0.05, 0) is 73.1 Å². The zero-order valence-electron chi connectivity index (χ0n) is 19.4. The molecule has 2 N–H and O–H groups in total. The maximum Gasteiger partial charge on any atom is 0.119 e. The Morgan fingerprint density at radius 1 is 1.24 bits per heavy atom. The molecule has 6 rings (SSSR count). The summed E-state index contributed by atoms with van der Waals surface area (Å²) in [5, 5.41) is 17.4. The lowest BCUT2D eigenvalue weighted by molar-refractivity contribution is -0.0516. The van der Waals surface area contributed by atoms with Gasteiger partial charge in [-0.3, -0.25) is 15.2 Å². The van der Waals surface area contributed by atoms with Gasteiger partial charge in [0.1, 0.15) is 12.0 Å². The third kappa shape index (κ3) is 4.20. The Balaban J connectivity index is 1.10. The molecule has 178 valence electrons. The summed E-state index contributed by atoms with van der Waals surface area (Å²) in [6.07, 6.45) is 12.9. The smallest absolute Gasteiger partial charge is 0.119 e. The van der Waals surface area contributed by atoms with Gasteiger partial charge in [0, 0.05) is 60.3 Å². The second-order valence-electron chi connectivity index (χ2n) is 9.65. The van der Waals surface area contributed by atoms with E-state index in [4.69, 9.17) is 4.74 Å². The predicted octanol–water partition coefficient (Wildman–Crippen LogP) is 1.64. The van der Waals surface area contributed by atoms with E-state index in [1.807, 2.05) is 36.7 Å². The fraction of sp³-hybridized carbons (Fsp3) is 0.462. The van der Waals surface area contributed by atoms with Crippen LogP contribution in [0.1, 0.15) is 31.2 Å². The molecule has 3 unspecified atom stereocenters. The zero-order chi connectivity index (χ0) is 23.1. The van der Waals surface area contributed by atoms with Crippen LogP contribution in [0.3, 0.4) is 0 Å². The van der Waals surface area contributed by atoms with Crippen LogP contribution in [0.2, 0.25) is 0 Å². The number of fused-ring (bicyclic) bond motifs is 4. The van der Waals surface area contributed by atoms with Gasteiger partial charge in [0.15, 0.2) is 0 Å². The Morgan fingerprint density at radius 2 is 2.09 bits per heavy atom. The number of nitrogens with one attached hydrogen (secondary N) is 1. The third-order valence-electron chi connectivity index (χ3n) is 7.62. The lowest BCUT2D eigenvalue weighted by Gasteiger charge is -2.42. The van der Waals surface area contributed by atoms with Crippen LogP contribution < -0.4 is 19.8 Å². The van der Waals surface area contributed by atoms with Gasteiger partial charge in [-0.1, -0.05) is 0 Å². The number of piperidine rings is 1. The molecule has 0 spiro atoms. The molecule has 0 saturated carbocycles. The summed E-state index contributed by atoms with van der Waals surface area (Å²) in [6.45, 7) is 1.78. The van der Waals surface area contributed by atoms with Gasteiger partial charge in [-0.2, -0.15) is 4.37 Å². The number of aliphatic hydroxyl groups excluding tert-OH is 1. The van der Waals surface area contributed by atoms with Gasteiger partial charge in [0.2, 0.25) is 0 Å². The van der Waals surface area contributed by atoms with Crippen molar-refractivity contribution in [3.05, 3.63) is 52.0 Å². The van der Waals surface area contributed by atoms with E-state index in [2.05, 4.69) is 36.8 Å². The second kappa shape index (κ2) is 9.26. The Hall–Kier alpha value is -2.52. The lowest BCUT2D eigenvalue weighted by atomic mass is 9.95. The summed E-state index contributed by atoms with van der Waals surface area (Å²) in [4.78, 5) is 9.19. The van der Waals surface area contributed by atoms with Crippen molar-refractivity contribution in [1.29, 1.82) is 0 Å². The molecule has 34 heavy (non-hydrogen) atoms. The largest absolute Gasteiger partial charge is 0.497 e. The van der Waals surface area contributed by atoms with Gasteiger partial charge in [-0.25, -0.2) is 0 Å². The SMILES string of the molecule is COc1ccc2nccc(CC(O)N3C4CCC3CC(NCN3C=c5cnsc5=CC3)C4)c2c1. The molecule has 7 nitrogen and oxygen atoms in total. The Morgan fingerprint density at radius 3 is 2.91 bits per heavy atom. The summed E-state index contributed by atoms with van der Waals surface area (Å²) in [5.41, 5.74) is 2.06. The molecule has 2 aromatic heterocycles. The average Bonchev–Trinajstić information content (AvgIpc) is 3.44. The molecule has 2 bridgehead atoms. The summed E-state index contributed by atoms with van der Waals surface area (Å²) in [6, 6.07) is 9.32. The van der Waals surface area contributed by atoms with E-state index in [0.29, 0.717) is 24.5 Å².